The van der Waals surface area contributed by atoms with Gasteiger partial charge in [-0.15, -0.1) is 0 Å². The van der Waals surface area contributed by atoms with Crippen molar-refractivity contribution in [3.05, 3.63) is 11.7 Å². The third-order valence-corrected chi connectivity index (χ3v) is 1.49. The maximum Gasteiger partial charge on any atom is 0.356 e. The van der Waals surface area contributed by atoms with Crippen LogP contribution < -0.4 is 0 Å². The summed E-state index contributed by atoms with van der Waals surface area (Å²) in [4.78, 5) is 10.0. The van der Waals surface area contributed by atoms with E-state index in [9.17, 15) is 4.79 Å². The highest BCUT2D eigenvalue weighted by molar-refractivity contribution is 8.03. The van der Waals surface area contributed by atoms with Gasteiger partial charge in [-0.2, -0.15) is 0 Å². The fraction of sp³-hybridized carbons (Fsp3) is 0.250. The van der Waals surface area contributed by atoms with Crippen molar-refractivity contribution in [1.82, 2.24) is 0 Å². The molecule has 4 heteroatoms. The molecule has 3 nitrogen and oxygen atoms in total. The summed E-state index contributed by atoms with van der Waals surface area (Å²) in [7, 11) is 0. The van der Waals surface area contributed by atoms with Gasteiger partial charge < -0.3 is 9.84 Å². The topological polar surface area (TPSA) is 46.5 Å². The van der Waals surface area contributed by atoms with E-state index in [0.29, 0.717) is 0 Å². The zero-order valence-electron chi connectivity index (χ0n) is 3.90. The minimum absolute atomic E-state index is 0.713. The minimum Gasteiger partial charge on any atom is -0.478 e. The average Bonchev–Trinajstić information content (AvgIpc) is 2.12. The van der Waals surface area contributed by atoms with E-state index < -0.39 is 11.4 Å². The van der Waals surface area contributed by atoms with Crippen LogP contribution in [0.2, 0.25) is 0 Å². The van der Waals surface area contributed by atoms with Gasteiger partial charge in [0, 0.05) is 5.41 Å². The lowest BCUT2D eigenvalue weighted by atomic mass is 10.7. The number of hydrogen-bond acceptors (Lipinski definition) is 3. The molecule has 1 rings (SSSR count). The summed E-state index contributed by atoms with van der Waals surface area (Å²) >= 11 is 1.15. The average molecular weight is 132 g/mol. The number of carbonyl (C=O) groups is 1. The van der Waals surface area contributed by atoms with E-state index in [-0.39, 0.29) is 0 Å². The number of thioether (sulfide) groups is 1. The van der Waals surface area contributed by atoms with Crippen LogP contribution in [0.1, 0.15) is 0 Å². The van der Waals surface area contributed by atoms with Gasteiger partial charge in [-0.05, 0) is 0 Å². The molecule has 0 saturated heterocycles. The lowest BCUT2D eigenvalue weighted by Gasteiger charge is -1.99. The molecule has 0 aromatic heterocycles. The Kier molecular flexibility index (Phi) is 1.43. The van der Waals surface area contributed by atoms with Crippen molar-refractivity contribution in [2.24, 2.45) is 0 Å². The first kappa shape index (κ1) is 5.50. The van der Waals surface area contributed by atoms with Crippen LogP contribution in [0.5, 0.6) is 0 Å². The second kappa shape index (κ2) is 2.09. The molecule has 1 atom stereocenters. The third-order valence-electron chi connectivity index (χ3n) is 0.662. The molecule has 0 spiro atoms. The highest BCUT2D eigenvalue weighted by Gasteiger charge is 2.19. The number of carboxylic acid groups (broad SMARTS) is 1. The summed E-state index contributed by atoms with van der Waals surface area (Å²) in [6.07, 6.45) is 1.38. The van der Waals surface area contributed by atoms with Gasteiger partial charge in [-0.1, -0.05) is 11.8 Å². The largest absolute Gasteiger partial charge is 0.478 e. The van der Waals surface area contributed by atoms with Crippen LogP contribution in [0.3, 0.4) is 0 Å². The summed E-state index contributed by atoms with van der Waals surface area (Å²) < 4.78 is 4.60. The third kappa shape index (κ3) is 0.949. The predicted molar refractivity (Wildman–Crippen MR) is 29.2 cm³/mol. The van der Waals surface area contributed by atoms with E-state index in [1.54, 1.807) is 5.41 Å². The molecular formula is C4H4O3S. The van der Waals surface area contributed by atoms with Crippen LogP contribution in [0.4, 0.5) is 0 Å². The van der Waals surface area contributed by atoms with E-state index in [1.165, 1.54) is 6.26 Å². The van der Waals surface area contributed by atoms with Crippen LogP contribution in [-0.4, -0.2) is 16.5 Å². The van der Waals surface area contributed by atoms with Crippen LogP contribution in [0.15, 0.2) is 11.7 Å². The number of rotatable bonds is 1. The zero-order chi connectivity index (χ0) is 5.98. The van der Waals surface area contributed by atoms with Crippen LogP contribution in [0, 0.1) is 0 Å². The molecule has 0 aromatic rings. The van der Waals surface area contributed by atoms with Gasteiger partial charge >= 0.3 is 5.97 Å². The van der Waals surface area contributed by atoms with Crippen molar-refractivity contribution in [2.75, 3.05) is 0 Å². The highest BCUT2D eigenvalue weighted by Crippen LogP contribution is 2.20. The van der Waals surface area contributed by atoms with Crippen molar-refractivity contribution in [1.29, 1.82) is 0 Å². The molecule has 0 fully saturated rings. The Morgan fingerprint density at radius 1 is 1.88 bits per heavy atom. The predicted octanol–water partition coefficient (Wildman–Crippen LogP) is 0.632. The number of ether oxygens (including phenoxy) is 1. The zero-order valence-corrected chi connectivity index (χ0v) is 4.72. The molecule has 0 aliphatic carbocycles. The van der Waals surface area contributed by atoms with Gasteiger partial charge in [0.05, 0.1) is 6.26 Å². The summed E-state index contributed by atoms with van der Waals surface area (Å²) in [6, 6.07) is 0. The second-order valence-electron chi connectivity index (χ2n) is 1.21. The second-order valence-corrected chi connectivity index (χ2v) is 2.19. The quantitative estimate of drug-likeness (QED) is 0.568. The number of carboxylic acids is 1. The fourth-order valence-electron chi connectivity index (χ4n) is 0.355. The molecule has 0 saturated carbocycles. The van der Waals surface area contributed by atoms with E-state index in [4.69, 9.17) is 5.11 Å². The molecule has 1 heterocycles. The Hall–Kier alpha value is -0.640. The van der Waals surface area contributed by atoms with Crippen molar-refractivity contribution >= 4 is 17.7 Å². The highest BCUT2D eigenvalue weighted by atomic mass is 32.2. The first-order chi connectivity index (χ1) is 3.80. The van der Waals surface area contributed by atoms with E-state index >= 15 is 0 Å². The normalized spacial score (nSPS) is 25.2. The summed E-state index contributed by atoms with van der Waals surface area (Å²) in [5.41, 5.74) is -0.713. The summed E-state index contributed by atoms with van der Waals surface area (Å²) in [5.74, 6) is -0.931. The van der Waals surface area contributed by atoms with E-state index in [1.807, 2.05) is 0 Å². The van der Waals surface area contributed by atoms with Gasteiger partial charge in [0.25, 0.3) is 0 Å². The Labute approximate surface area is 50.3 Å². The van der Waals surface area contributed by atoms with Crippen molar-refractivity contribution in [2.45, 2.75) is 5.44 Å². The first-order valence-electron chi connectivity index (χ1n) is 1.99. The van der Waals surface area contributed by atoms with E-state index in [2.05, 4.69) is 4.74 Å². The van der Waals surface area contributed by atoms with Crippen molar-refractivity contribution in [3.8, 4) is 0 Å². The molecule has 44 valence electrons. The molecule has 8 heavy (non-hydrogen) atoms. The maximum atomic E-state index is 10.0. The maximum absolute atomic E-state index is 10.0. The molecule has 0 radical (unpaired) electrons. The SMILES string of the molecule is O=C(O)C1OC=CS1. The standard InChI is InChI=1S/C4H4O3S/c5-3(6)4-7-1-2-8-4/h1-2,4H,(H,5,6). The molecule has 1 unspecified atom stereocenters. The lowest BCUT2D eigenvalue weighted by molar-refractivity contribution is -0.141. The lowest BCUT2D eigenvalue weighted by Crippen LogP contribution is -2.13. The molecular weight excluding hydrogens is 128 g/mol. The Morgan fingerprint density at radius 2 is 2.62 bits per heavy atom. The fourth-order valence-corrected chi connectivity index (χ4v) is 0.871. The molecule has 0 aromatic carbocycles. The van der Waals surface area contributed by atoms with Crippen LogP contribution >= 0.6 is 11.8 Å². The van der Waals surface area contributed by atoms with Gasteiger partial charge in [-0.25, -0.2) is 4.79 Å². The number of hydrogen-bond donors (Lipinski definition) is 1. The molecule has 1 N–H and O–H groups in total. The number of aliphatic carboxylic acids is 1. The van der Waals surface area contributed by atoms with Crippen molar-refractivity contribution < 1.29 is 14.6 Å². The summed E-state index contributed by atoms with van der Waals surface area (Å²) in [6.45, 7) is 0. The van der Waals surface area contributed by atoms with Crippen LogP contribution in [0.25, 0.3) is 0 Å². The molecule has 1 aliphatic rings. The Balaban J connectivity index is 2.41. The van der Waals surface area contributed by atoms with Gasteiger partial charge in [0.2, 0.25) is 5.44 Å². The Morgan fingerprint density at radius 3 is 2.88 bits per heavy atom. The molecule has 1 aliphatic heterocycles. The monoisotopic (exact) mass is 132 g/mol. The smallest absolute Gasteiger partial charge is 0.356 e. The van der Waals surface area contributed by atoms with Crippen molar-refractivity contribution in [3.63, 3.8) is 0 Å². The molecule has 0 bridgehead atoms. The van der Waals surface area contributed by atoms with Gasteiger partial charge in [-0.3, -0.25) is 0 Å². The van der Waals surface area contributed by atoms with Gasteiger partial charge in [0.15, 0.2) is 0 Å². The molecule has 0 amide bonds. The minimum atomic E-state index is -0.931. The van der Waals surface area contributed by atoms with Gasteiger partial charge in [0.1, 0.15) is 0 Å². The van der Waals surface area contributed by atoms with E-state index in [0.717, 1.165) is 11.8 Å². The Bertz CT molecular complexity index is 123. The summed E-state index contributed by atoms with van der Waals surface area (Å²) in [5, 5.41) is 9.84. The van der Waals surface area contributed by atoms with Crippen LogP contribution in [-0.2, 0) is 9.53 Å². The first-order valence-corrected chi connectivity index (χ1v) is 2.94.